The van der Waals surface area contributed by atoms with E-state index in [-0.39, 0.29) is 5.41 Å². The maximum absolute atomic E-state index is 11.8. The number of anilines is 1. The van der Waals surface area contributed by atoms with Crippen molar-refractivity contribution in [3.63, 3.8) is 0 Å². The highest BCUT2D eigenvalue weighted by atomic mass is 32.1. The predicted molar refractivity (Wildman–Crippen MR) is 80.2 cm³/mol. The highest BCUT2D eigenvalue weighted by Crippen LogP contribution is 2.47. The van der Waals surface area contributed by atoms with E-state index < -0.39 is 11.7 Å². The highest BCUT2D eigenvalue weighted by Gasteiger charge is 2.36. The van der Waals surface area contributed by atoms with Gasteiger partial charge in [0.15, 0.2) is 0 Å². The van der Waals surface area contributed by atoms with Crippen molar-refractivity contribution >= 4 is 22.4 Å². The van der Waals surface area contributed by atoms with Gasteiger partial charge in [-0.1, -0.05) is 13.8 Å². The predicted octanol–water partition coefficient (Wildman–Crippen LogP) is 4.19. The minimum atomic E-state index is -0.545. The van der Waals surface area contributed by atoms with Gasteiger partial charge in [0.05, 0.1) is 5.56 Å². The number of thiophene rings is 1. The molecular weight excluding hydrogens is 272 g/mol. The number of ether oxygens (including phenoxy) is 1. The molecular formula is C15H20N2O2S. The number of nitrogens with zero attached hydrogens (tertiary/aromatic N) is 1. The van der Waals surface area contributed by atoms with E-state index in [1.54, 1.807) is 0 Å². The second kappa shape index (κ2) is 4.78. The van der Waals surface area contributed by atoms with Crippen LogP contribution in [0.2, 0.25) is 0 Å². The molecule has 1 amide bonds. The van der Waals surface area contributed by atoms with Gasteiger partial charge in [-0.15, -0.1) is 11.3 Å². The van der Waals surface area contributed by atoms with Crippen molar-refractivity contribution < 1.29 is 9.53 Å². The van der Waals surface area contributed by atoms with E-state index in [0.717, 1.165) is 18.4 Å². The SMILES string of the molecule is CC(C)(C)OC(=O)Nc1sc2c(c1C#N)C(C)(C)CC2. The molecule has 0 aliphatic heterocycles. The number of carbonyl (C=O) groups excluding carboxylic acids is 1. The van der Waals surface area contributed by atoms with Crippen LogP contribution in [0.1, 0.15) is 57.0 Å². The number of amides is 1. The zero-order valence-corrected chi connectivity index (χ0v) is 13.4. The first-order chi connectivity index (χ1) is 9.14. The van der Waals surface area contributed by atoms with E-state index in [1.807, 2.05) is 20.8 Å². The minimum absolute atomic E-state index is 0.00472. The third-order valence-corrected chi connectivity index (χ3v) is 4.53. The number of carbonyl (C=O) groups is 1. The molecule has 0 radical (unpaired) electrons. The third kappa shape index (κ3) is 2.80. The lowest BCUT2D eigenvalue weighted by molar-refractivity contribution is 0.0636. The molecule has 1 aliphatic rings. The average molecular weight is 292 g/mol. The molecule has 1 aliphatic carbocycles. The van der Waals surface area contributed by atoms with Crippen LogP contribution in [0.5, 0.6) is 0 Å². The summed E-state index contributed by atoms with van der Waals surface area (Å²) in [5, 5.41) is 12.7. The number of nitriles is 1. The van der Waals surface area contributed by atoms with Gasteiger partial charge in [0.1, 0.15) is 16.7 Å². The molecule has 0 fully saturated rings. The molecule has 0 saturated heterocycles. The zero-order valence-electron chi connectivity index (χ0n) is 12.6. The summed E-state index contributed by atoms with van der Waals surface area (Å²) < 4.78 is 5.24. The van der Waals surface area contributed by atoms with Gasteiger partial charge in [0.2, 0.25) is 0 Å². The van der Waals surface area contributed by atoms with Gasteiger partial charge in [-0.2, -0.15) is 5.26 Å². The maximum Gasteiger partial charge on any atom is 0.412 e. The van der Waals surface area contributed by atoms with Gasteiger partial charge in [0, 0.05) is 4.88 Å². The summed E-state index contributed by atoms with van der Waals surface area (Å²) in [5.41, 5.74) is 1.15. The monoisotopic (exact) mass is 292 g/mol. The fourth-order valence-electron chi connectivity index (χ4n) is 2.51. The third-order valence-electron chi connectivity index (χ3n) is 3.36. The van der Waals surface area contributed by atoms with Gasteiger partial charge in [-0.3, -0.25) is 5.32 Å². The second-order valence-electron chi connectivity index (χ2n) is 6.73. The Morgan fingerprint density at radius 2 is 2.10 bits per heavy atom. The Bertz CT molecular complexity index is 588. The number of rotatable bonds is 1. The van der Waals surface area contributed by atoms with Crippen molar-refractivity contribution in [1.82, 2.24) is 0 Å². The quantitative estimate of drug-likeness (QED) is 0.844. The Balaban J connectivity index is 2.28. The van der Waals surface area contributed by atoms with Crippen LogP contribution >= 0.6 is 11.3 Å². The molecule has 0 spiro atoms. The molecule has 0 aromatic carbocycles. The molecule has 4 nitrogen and oxygen atoms in total. The lowest BCUT2D eigenvalue weighted by Crippen LogP contribution is -2.27. The first kappa shape index (κ1) is 14.9. The Morgan fingerprint density at radius 1 is 1.45 bits per heavy atom. The van der Waals surface area contributed by atoms with E-state index in [9.17, 15) is 10.1 Å². The standard InChI is InChI=1S/C15H20N2O2S/c1-14(2,3)19-13(18)17-12-9(8-16)11-10(20-12)6-7-15(11,4)5/h6-7H2,1-5H3,(H,17,18). The molecule has 1 N–H and O–H groups in total. The molecule has 0 bridgehead atoms. The molecule has 5 heteroatoms. The fourth-order valence-corrected chi connectivity index (χ4v) is 3.83. The van der Waals surface area contributed by atoms with Crippen molar-refractivity contribution in [3.05, 3.63) is 16.0 Å². The largest absolute Gasteiger partial charge is 0.444 e. The van der Waals surface area contributed by atoms with Crippen molar-refractivity contribution in [2.45, 2.75) is 58.5 Å². The summed E-state index contributed by atoms with van der Waals surface area (Å²) in [6, 6.07) is 2.24. The van der Waals surface area contributed by atoms with Crippen LogP contribution in [0.3, 0.4) is 0 Å². The van der Waals surface area contributed by atoms with E-state index in [1.165, 1.54) is 16.2 Å². The molecule has 0 unspecified atom stereocenters. The minimum Gasteiger partial charge on any atom is -0.444 e. The van der Waals surface area contributed by atoms with E-state index in [4.69, 9.17) is 4.74 Å². The number of nitrogens with one attached hydrogen (secondary N) is 1. The van der Waals surface area contributed by atoms with Gasteiger partial charge in [-0.05, 0) is 44.6 Å². The molecule has 108 valence electrons. The lowest BCUT2D eigenvalue weighted by Gasteiger charge is -2.20. The van der Waals surface area contributed by atoms with Crippen LogP contribution in [0.25, 0.3) is 0 Å². The van der Waals surface area contributed by atoms with Crippen molar-refractivity contribution in [1.29, 1.82) is 5.26 Å². The summed E-state index contributed by atoms with van der Waals surface area (Å²) in [6.45, 7) is 9.73. The topological polar surface area (TPSA) is 62.1 Å². The van der Waals surface area contributed by atoms with Gasteiger partial charge >= 0.3 is 6.09 Å². The van der Waals surface area contributed by atoms with Gasteiger partial charge in [0.25, 0.3) is 0 Å². The second-order valence-corrected chi connectivity index (χ2v) is 7.83. The van der Waals surface area contributed by atoms with Crippen LogP contribution in [-0.4, -0.2) is 11.7 Å². The average Bonchev–Trinajstić information content (AvgIpc) is 2.74. The number of fused-ring (bicyclic) bond motifs is 1. The summed E-state index contributed by atoms with van der Waals surface area (Å²) in [7, 11) is 0. The summed E-state index contributed by atoms with van der Waals surface area (Å²) in [4.78, 5) is 13.1. The van der Waals surface area contributed by atoms with E-state index in [2.05, 4.69) is 25.2 Å². The van der Waals surface area contributed by atoms with E-state index >= 15 is 0 Å². The number of hydrogen-bond acceptors (Lipinski definition) is 4. The van der Waals surface area contributed by atoms with Gasteiger partial charge in [-0.25, -0.2) is 4.79 Å². The Labute approximate surface area is 123 Å². The maximum atomic E-state index is 11.8. The fraction of sp³-hybridized carbons (Fsp3) is 0.600. The van der Waals surface area contributed by atoms with E-state index in [0.29, 0.717) is 10.6 Å². The first-order valence-corrected chi connectivity index (χ1v) is 7.52. The van der Waals surface area contributed by atoms with Crippen LogP contribution in [0.4, 0.5) is 9.80 Å². The number of hydrogen-bond donors (Lipinski definition) is 1. The van der Waals surface area contributed by atoms with Crippen LogP contribution < -0.4 is 5.32 Å². The Morgan fingerprint density at radius 3 is 2.65 bits per heavy atom. The molecule has 20 heavy (non-hydrogen) atoms. The molecule has 0 saturated carbocycles. The molecule has 1 aromatic heterocycles. The summed E-state index contributed by atoms with van der Waals surface area (Å²) >= 11 is 1.50. The van der Waals surface area contributed by atoms with Crippen molar-refractivity contribution in [2.75, 3.05) is 5.32 Å². The molecule has 1 heterocycles. The van der Waals surface area contributed by atoms with Crippen LogP contribution in [0.15, 0.2) is 0 Å². The Hall–Kier alpha value is -1.54. The molecule has 0 atom stereocenters. The zero-order chi connectivity index (χ0) is 15.1. The molecule has 1 aromatic rings. The highest BCUT2D eigenvalue weighted by molar-refractivity contribution is 7.16. The first-order valence-electron chi connectivity index (χ1n) is 6.70. The summed E-state index contributed by atoms with van der Waals surface area (Å²) in [5.74, 6) is 0. The van der Waals surface area contributed by atoms with Gasteiger partial charge < -0.3 is 4.74 Å². The lowest BCUT2D eigenvalue weighted by atomic mass is 9.85. The van der Waals surface area contributed by atoms with Crippen molar-refractivity contribution in [3.8, 4) is 6.07 Å². The summed E-state index contributed by atoms with van der Waals surface area (Å²) in [6.07, 6.45) is 1.51. The van der Waals surface area contributed by atoms with Crippen LogP contribution in [-0.2, 0) is 16.6 Å². The normalized spacial score (nSPS) is 16.4. The van der Waals surface area contributed by atoms with Crippen molar-refractivity contribution in [2.24, 2.45) is 0 Å². The smallest absolute Gasteiger partial charge is 0.412 e. The molecule has 2 rings (SSSR count). The number of aryl methyl sites for hydroxylation is 1. The van der Waals surface area contributed by atoms with Crippen LogP contribution in [0, 0.1) is 11.3 Å². The Kier molecular flexibility index (Phi) is 3.55.